The summed E-state index contributed by atoms with van der Waals surface area (Å²) in [6, 6.07) is 18.8. The number of rotatable bonds is 1. The molecule has 0 saturated carbocycles. The lowest BCUT2D eigenvalue weighted by molar-refractivity contribution is -0.349. The van der Waals surface area contributed by atoms with Crippen LogP contribution in [0.5, 0.6) is 0 Å². The lowest BCUT2D eigenvalue weighted by Gasteiger charge is -1.97. The number of para-hydroxylation sites is 1. The van der Waals surface area contributed by atoms with Crippen molar-refractivity contribution in [3.8, 4) is 0 Å². The maximum absolute atomic E-state index is 8.63. The molecule has 0 atom stereocenters. The summed E-state index contributed by atoms with van der Waals surface area (Å²) in [6.07, 6.45) is 2.23. The summed E-state index contributed by atoms with van der Waals surface area (Å²) in [5.41, 5.74) is 6.23. The van der Waals surface area contributed by atoms with Crippen LogP contribution >= 0.6 is 0 Å². The summed E-state index contributed by atoms with van der Waals surface area (Å²) < 4.78 is 32.8. The molecular weight excluding hydrogens is 302 g/mol. The molecule has 2 aromatic carbocycles. The van der Waals surface area contributed by atoms with Gasteiger partial charge in [-0.25, -0.2) is 13.4 Å². The van der Waals surface area contributed by atoms with E-state index in [1.54, 1.807) is 0 Å². The zero-order valence-corrected chi connectivity index (χ0v) is 12.7. The minimum absolute atomic E-state index is 1.20. The van der Waals surface area contributed by atoms with E-state index in [2.05, 4.69) is 66.5 Å². The van der Waals surface area contributed by atoms with Gasteiger partial charge >= 0.3 is 0 Å². The van der Waals surface area contributed by atoms with Crippen LogP contribution in [0.15, 0.2) is 54.6 Å². The van der Waals surface area contributed by atoms with Crippen molar-refractivity contribution in [3.63, 3.8) is 0 Å². The molecular formula is C16H15NO4S. The van der Waals surface area contributed by atoms with E-state index in [0.717, 1.165) is 0 Å². The predicted octanol–water partition coefficient (Wildman–Crippen LogP) is 1.42. The SMILES string of the molecule is CC1=[NH+]c2ccccc2/C1=C/c1ccccc1.O=S(=O)([O-])O. The lowest BCUT2D eigenvalue weighted by Crippen LogP contribution is -2.62. The summed E-state index contributed by atoms with van der Waals surface area (Å²) in [5, 5.41) is 0. The molecule has 114 valence electrons. The van der Waals surface area contributed by atoms with Crippen molar-refractivity contribution < 1.29 is 22.5 Å². The van der Waals surface area contributed by atoms with Crippen LogP contribution in [0.1, 0.15) is 18.1 Å². The van der Waals surface area contributed by atoms with E-state index in [1.165, 1.54) is 28.1 Å². The normalized spacial score (nSPS) is 14.9. The van der Waals surface area contributed by atoms with E-state index < -0.39 is 10.4 Å². The van der Waals surface area contributed by atoms with E-state index in [1.807, 2.05) is 6.07 Å². The molecule has 1 heterocycles. The summed E-state index contributed by atoms with van der Waals surface area (Å²) in [6.45, 7) is 2.12. The molecule has 6 heteroatoms. The topological polar surface area (TPSA) is 91.4 Å². The van der Waals surface area contributed by atoms with Crippen molar-refractivity contribution in [2.75, 3.05) is 0 Å². The Labute approximate surface area is 129 Å². The molecule has 0 radical (unpaired) electrons. The molecule has 1 aliphatic rings. The Morgan fingerprint density at radius 2 is 1.59 bits per heavy atom. The first-order valence-corrected chi connectivity index (χ1v) is 7.86. The maximum atomic E-state index is 8.63. The van der Waals surface area contributed by atoms with Crippen LogP contribution in [-0.4, -0.2) is 23.2 Å². The van der Waals surface area contributed by atoms with E-state index in [-0.39, 0.29) is 0 Å². The monoisotopic (exact) mass is 317 g/mol. The number of fused-ring (bicyclic) bond motifs is 1. The van der Waals surface area contributed by atoms with Gasteiger partial charge in [0, 0.05) is 13.0 Å². The fourth-order valence-corrected chi connectivity index (χ4v) is 2.20. The minimum atomic E-state index is -4.92. The average Bonchev–Trinajstić information content (AvgIpc) is 2.75. The van der Waals surface area contributed by atoms with Gasteiger partial charge < -0.3 is 4.55 Å². The third-order valence-electron chi connectivity index (χ3n) is 3.05. The summed E-state index contributed by atoms with van der Waals surface area (Å²) in [4.78, 5) is 3.42. The van der Waals surface area contributed by atoms with E-state index in [4.69, 9.17) is 17.5 Å². The smallest absolute Gasteiger partial charge is 0.215 e. The van der Waals surface area contributed by atoms with E-state index >= 15 is 0 Å². The summed E-state index contributed by atoms with van der Waals surface area (Å²) in [5.74, 6) is 0. The molecule has 2 N–H and O–H groups in total. The van der Waals surface area contributed by atoms with E-state index in [0.29, 0.717) is 0 Å². The Balaban J connectivity index is 0.000000309. The lowest BCUT2D eigenvalue weighted by atomic mass is 10.0. The zero-order chi connectivity index (χ0) is 16.2. The molecule has 5 nitrogen and oxygen atoms in total. The molecule has 0 aliphatic carbocycles. The summed E-state index contributed by atoms with van der Waals surface area (Å²) in [7, 11) is -4.92. The first-order chi connectivity index (χ1) is 10.3. The Morgan fingerprint density at radius 3 is 2.23 bits per heavy atom. The highest BCUT2D eigenvalue weighted by Crippen LogP contribution is 2.26. The first kappa shape index (κ1) is 16.1. The third-order valence-corrected chi connectivity index (χ3v) is 3.05. The first-order valence-electron chi connectivity index (χ1n) is 6.50. The zero-order valence-electron chi connectivity index (χ0n) is 11.9. The largest absolute Gasteiger partial charge is 0.726 e. The van der Waals surface area contributed by atoms with Crippen molar-refractivity contribution >= 4 is 33.4 Å². The molecule has 22 heavy (non-hydrogen) atoms. The highest BCUT2D eigenvalue weighted by atomic mass is 32.3. The fraction of sp³-hybridized carbons (Fsp3) is 0.0625. The molecule has 1 aliphatic heterocycles. The fourth-order valence-electron chi connectivity index (χ4n) is 2.20. The maximum Gasteiger partial charge on any atom is 0.215 e. The van der Waals surface area contributed by atoms with Crippen LogP contribution in [0.3, 0.4) is 0 Å². The molecule has 0 bridgehead atoms. The Hall–Kier alpha value is -2.28. The summed E-state index contributed by atoms with van der Waals surface area (Å²) >= 11 is 0. The van der Waals surface area contributed by atoms with Crippen LogP contribution in [0.2, 0.25) is 0 Å². The third kappa shape index (κ3) is 4.63. The van der Waals surface area contributed by atoms with Gasteiger partial charge in [0.1, 0.15) is 0 Å². The van der Waals surface area contributed by atoms with Crippen LogP contribution in [0.25, 0.3) is 11.6 Å². The van der Waals surface area contributed by atoms with Crippen molar-refractivity contribution in [1.29, 1.82) is 0 Å². The molecule has 0 saturated heterocycles. The molecule has 0 amide bonds. The minimum Gasteiger partial charge on any atom is -0.726 e. The van der Waals surface area contributed by atoms with Crippen LogP contribution in [0.4, 0.5) is 5.69 Å². The number of benzene rings is 2. The van der Waals surface area contributed by atoms with Gasteiger partial charge in [0.2, 0.25) is 16.1 Å². The van der Waals surface area contributed by atoms with Crippen molar-refractivity contribution in [2.24, 2.45) is 0 Å². The second kappa shape index (κ2) is 6.65. The van der Waals surface area contributed by atoms with Gasteiger partial charge in [-0.3, -0.25) is 4.55 Å². The van der Waals surface area contributed by atoms with Gasteiger partial charge in [-0.05, 0) is 17.7 Å². The highest BCUT2D eigenvalue weighted by Gasteiger charge is 2.23. The number of allylic oxidation sites excluding steroid dienone is 1. The number of nitrogens with one attached hydrogen (secondary N) is 1. The Morgan fingerprint density at radius 1 is 1.05 bits per heavy atom. The quantitative estimate of drug-likeness (QED) is 0.614. The number of hydrogen-bond acceptors (Lipinski definition) is 3. The molecule has 0 aromatic heterocycles. The van der Waals surface area contributed by atoms with Gasteiger partial charge in [-0.15, -0.1) is 0 Å². The van der Waals surface area contributed by atoms with Gasteiger partial charge in [-0.2, -0.15) is 0 Å². The van der Waals surface area contributed by atoms with Crippen LogP contribution < -0.4 is 4.99 Å². The molecule has 3 rings (SSSR count). The van der Waals surface area contributed by atoms with Crippen LogP contribution in [0, 0.1) is 0 Å². The van der Waals surface area contributed by atoms with Gasteiger partial charge in [-0.1, -0.05) is 42.5 Å². The van der Waals surface area contributed by atoms with Crippen molar-refractivity contribution in [3.05, 3.63) is 65.7 Å². The molecule has 2 aromatic rings. The highest BCUT2D eigenvalue weighted by molar-refractivity contribution is 7.79. The molecule has 0 spiro atoms. The van der Waals surface area contributed by atoms with Crippen molar-refractivity contribution in [2.45, 2.75) is 6.92 Å². The van der Waals surface area contributed by atoms with E-state index in [9.17, 15) is 0 Å². The Bertz CT molecular complexity index is 816. The van der Waals surface area contributed by atoms with Gasteiger partial charge in [0.25, 0.3) is 0 Å². The predicted molar refractivity (Wildman–Crippen MR) is 84.4 cm³/mol. The number of hydrogen-bond donors (Lipinski definition) is 2. The molecule has 0 unspecified atom stereocenters. The van der Waals surface area contributed by atoms with Gasteiger partial charge in [0.15, 0.2) is 5.71 Å². The average molecular weight is 317 g/mol. The molecule has 0 fully saturated rings. The van der Waals surface area contributed by atoms with Crippen molar-refractivity contribution in [1.82, 2.24) is 0 Å². The van der Waals surface area contributed by atoms with Crippen LogP contribution in [-0.2, 0) is 10.4 Å². The Kier molecular flexibility index (Phi) is 4.87. The second-order valence-electron chi connectivity index (χ2n) is 4.69. The van der Waals surface area contributed by atoms with Gasteiger partial charge in [0.05, 0.1) is 11.1 Å². The standard InChI is InChI=1S/C16H13N.H2O4S/c1-12-15(11-13-7-3-2-4-8-13)14-9-5-6-10-16(14)17-12;1-5(2,3)4/h2-11H,1H3;(H2,1,2,3,4)/b15-11+;. The second-order valence-corrected chi connectivity index (χ2v) is 5.55.